The van der Waals surface area contributed by atoms with Gasteiger partial charge in [0.25, 0.3) is 0 Å². The molecule has 0 spiro atoms. The lowest BCUT2D eigenvalue weighted by molar-refractivity contribution is -0.138. The molecule has 1 aromatic carbocycles. The molecule has 2 aliphatic heterocycles. The Morgan fingerprint density at radius 1 is 1.14 bits per heavy atom. The van der Waals surface area contributed by atoms with E-state index in [1.54, 1.807) is 11.8 Å². The van der Waals surface area contributed by atoms with Gasteiger partial charge >= 0.3 is 0 Å². The summed E-state index contributed by atoms with van der Waals surface area (Å²) in [5, 5.41) is 5.53. The number of likely N-dealkylation sites (tertiary alicyclic amines) is 1. The zero-order chi connectivity index (χ0) is 27.1. The van der Waals surface area contributed by atoms with Gasteiger partial charge in [-0.2, -0.15) is 0 Å². The average molecular weight is 518 g/mol. The molecule has 0 saturated carbocycles. The number of amides is 3. The van der Waals surface area contributed by atoms with Crippen LogP contribution in [0.1, 0.15) is 71.8 Å². The molecule has 1 saturated heterocycles. The number of hydrogen-bond donors (Lipinski definition) is 2. The van der Waals surface area contributed by atoms with Crippen LogP contribution in [0.4, 0.5) is 8.78 Å². The molecule has 1 aromatic rings. The quantitative estimate of drug-likeness (QED) is 0.497. The molecule has 0 radical (unpaired) electrons. The van der Waals surface area contributed by atoms with Crippen molar-refractivity contribution in [1.82, 2.24) is 15.5 Å². The van der Waals surface area contributed by atoms with Gasteiger partial charge in [-0.15, -0.1) is 0 Å². The number of nitrogens with one attached hydrogen (secondary N) is 2. The maximum absolute atomic E-state index is 14.2. The summed E-state index contributed by atoms with van der Waals surface area (Å²) in [5.41, 5.74) is 0.483. The van der Waals surface area contributed by atoms with Crippen LogP contribution >= 0.6 is 0 Å². The maximum Gasteiger partial charge on any atom is 0.243 e. The Labute approximate surface area is 217 Å². The first kappa shape index (κ1) is 28.4. The van der Waals surface area contributed by atoms with Crippen molar-refractivity contribution in [3.63, 3.8) is 0 Å². The molecular formula is C27H37F2N5O3. The fraction of sp³-hybridized carbons (Fsp3) is 0.593. The Morgan fingerprint density at radius 2 is 1.89 bits per heavy atom. The summed E-state index contributed by atoms with van der Waals surface area (Å²) in [6, 6.07) is 1.65. The van der Waals surface area contributed by atoms with E-state index in [2.05, 4.69) is 20.6 Å². The number of benzene rings is 1. The molecule has 3 amide bonds. The summed E-state index contributed by atoms with van der Waals surface area (Å²) in [6.07, 6.45) is 3.68. The molecule has 8 nitrogen and oxygen atoms in total. The van der Waals surface area contributed by atoms with Gasteiger partial charge < -0.3 is 15.5 Å². The Morgan fingerprint density at radius 3 is 2.57 bits per heavy atom. The highest BCUT2D eigenvalue weighted by atomic mass is 19.1. The molecule has 2 N–H and O–H groups in total. The van der Waals surface area contributed by atoms with Crippen LogP contribution in [-0.4, -0.2) is 65.4 Å². The Balaban J connectivity index is 1.68. The van der Waals surface area contributed by atoms with Crippen LogP contribution in [0.2, 0.25) is 0 Å². The van der Waals surface area contributed by atoms with Gasteiger partial charge in [0.05, 0.1) is 24.7 Å². The SMILES string of the molecule is CC(C)CCC(=O)N[C@@H](CC(=O)N1CCCC[C@@H]1C)C(=O)N[C@@H](C)C1=NCC(c2ccc(F)cc2F)=N1. The Bertz CT molecular complexity index is 1070. The van der Waals surface area contributed by atoms with Crippen LogP contribution in [0.5, 0.6) is 0 Å². The van der Waals surface area contributed by atoms with Crippen LogP contribution < -0.4 is 10.6 Å². The summed E-state index contributed by atoms with van der Waals surface area (Å²) < 4.78 is 27.4. The number of amidine groups is 1. The predicted octanol–water partition coefficient (Wildman–Crippen LogP) is 3.38. The topological polar surface area (TPSA) is 103 Å². The van der Waals surface area contributed by atoms with E-state index in [1.165, 1.54) is 6.07 Å². The van der Waals surface area contributed by atoms with Crippen molar-refractivity contribution in [3.8, 4) is 0 Å². The maximum atomic E-state index is 14.2. The summed E-state index contributed by atoms with van der Waals surface area (Å²) in [5.74, 6) is -1.78. The first-order chi connectivity index (χ1) is 17.5. The highest BCUT2D eigenvalue weighted by Gasteiger charge is 2.31. The second kappa shape index (κ2) is 12.9. The third-order valence-corrected chi connectivity index (χ3v) is 6.73. The average Bonchev–Trinajstić information content (AvgIpc) is 3.32. The van der Waals surface area contributed by atoms with Crippen LogP contribution in [0.3, 0.4) is 0 Å². The van der Waals surface area contributed by atoms with E-state index in [1.807, 2.05) is 20.8 Å². The van der Waals surface area contributed by atoms with Crippen molar-refractivity contribution in [1.29, 1.82) is 0 Å². The van der Waals surface area contributed by atoms with Gasteiger partial charge in [0, 0.05) is 30.6 Å². The van der Waals surface area contributed by atoms with Crippen molar-refractivity contribution < 1.29 is 23.2 Å². The molecule has 2 heterocycles. The third-order valence-electron chi connectivity index (χ3n) is 6.73. The smallest absolute Gasteiger partial charge is 0.243 e. The number of carbonyl (C=O) groups excluding carboxylic acids is 3. The first-order valence-electron chi connectivity index (χ1n) is 13.0. The monoisotopic (exact) mass is 517 g/mol. The number of halogens is 2. The molecule has 0 bridgehead atoms. The predicted molar refractivity (Wildman–Crippen MR) is 138 cm³/mol. The van der Waals surface area contributed by atoms with Gasteiger partial charge in [0.15, 0.2) is 0 Å². The number of carbonyl (C=O) groups is 3. The van der Waals surface area contributed by atoms with Crippen molar-refractivity contribution in [2.75, 3.05) is 13.1 Å². The number of rotatable bonds is 10. The second-order valence-electron chi connectivity index (χ2n) is 10.3. The van der Waals surface area contributed by atoms with E-state index < -0.39 is 29.6 Å². The lowest BCUT2D eigenvalue weighted by Gasteiger charge is -2.34. The lowest BCUT2D eigenvalue weighted by atomic mass is 10.0. The first-order valence-corrected chi connectivity index (χ1v) is 13.0. The van der Waals surface area contributed by atoms with Crippen LogP contribution in [0.25, 0.3) is 0 Å². The molecule has 0 aliphatic carbocycles. The fourth-order valence-corrected chi connectivity index (χ4v) is 4.50. The highest BCUT2D eigenvalue weighted by Crippen LogP contribution is 2.18. The fourth-order valence-electron chi connectivity index (χ4n) is 4.50. The second-order valence-corrected chi connectivity index (χ2v) is 10.3. The molecule has 202 valence electrons. The van der Waals surface area contributed by atoms with Crippen molar-refractivity contribution in [2.24, 2.45) is 15.9 Å². The summed E-state index contributed by atoms with van der Waals surface area (Å²) >= 11 is 0. The molecule has 2 aliphatic rings. The van der Waals surface area contributed by atoms with Crippen molar-refractivity contribution >= 4 is 29.3 Å². The van der Waals surface area contributed by atoms with Crippen LogP contribution in [0, 0.1) is 17.6 Å². The van der Waals surface area contributed by atoms with E-state index in [0.29, 0.717) is 24.6 Å². The summed E-state index contributed by atoms with van der Waals surface area (Å²) in [4.78, 5) is 49.3. The van der Waals surface area contributed by atoms with Crippen molar-refractivity contribution in [2.45, 2.75) is 84.3 Å². The summed E-state index contributed by atoms with van der Waals surface area (Å²) in [6.45, 7) is 8.42. The molecule has 3 atom stereocenters. The minimum absolute atomic E-state index is 0.0907. The standard InChI is InChI=1S/C27H37F2N5O3/c1-16(2)8-11-24(35)32-22(14-25(36)34-12-6-5-7-17(34)3)27(37)31-18(4)26-30-15-23(33-26)20-10-9-19(28)13-21(20)29/h9-10,13,16-18,22H,5-8,11-12,14-15H2,1-4H3,(H,31,37)(H,32,35)/t17-,18-,22-/m0/s1. The summed E-state index contributed by atoms with van der Waals surface area (Å²) in [7, 11) is 0. The minimum Gasteiger partial charge on any atom is -0.345 e. The normalized spacial score (nSPS) is 19.2. The number of nitrogens with zero attached hydrogens (tertiary/aromatic N) is 3. The van der Waals surface area contributed by atoms with Crippen molar-refractivity contribution in [3.05, 3.63) is 35.4 Å². The molecule has 3 rings (SSSR count). The molecule has 0 aromatic heterocycles. The van der Waals surface area contributed by atoms with Gasteiger partial charge in [0.1, 0.15) is 23.5 Å². The van der Waals surface area contributed by atoms with E-state index in [4.69, 9.17) is 0 Å². The molecule has 37 heavy (non-hydrogen) atoms. The Kier molecular flexibility index (Phi) is 9.88. The zero-order valence-corrected chi connectivity index (χ0v) is 22.0. The minimum atomic E-state index is -1.04. The van der Waals surface area contributed by atoms with Gasteiger partial charge in [-0.3, -0.25) is 19.4 Å². The molecule has 10 heteroatoms. The molecular weight excluding hydrogens is 480 g/mol. The Hall–Kier alpha value is -3.17. The lowest BCUT2D eigenvalue weighted by Crippen LogP contribution is -2.53. The van der Waals surface area contributed by atoms with E-state index >= 15 is 0 Å². The number of hydrogen-bond acceptors (Lipinski definition) is 5. The van der Waals surface area contributed by atoms with Gasteiger partial charge in [-0.25, -0.2) is 13.8 Å². The number of aliphatic imine (C=N–C) groups is 2. The van der Waals surface area contributed by atoms with Gasteiger partial charge in [0.2, 0.25) is 17.7 Å². The highest BCUT2D eigenvalue weighted by molar-refractivity contribution is 6.14. The van der Waals surface area contributed by atoms with Gasteiger partial charge in [-0.05, 0) is 57.6 Å². The van der Waals surface area contributed by atoms with Crippen LogP contribution in [-0.2, 0) is 14.4 Å². The largest absolute Gasteiger partial charge is 0.345 e. The van der Waals surface area contributed by atoms with Gasteiger partial charge in [-0.1, -0.05) is 13.8 Å². The molecule has 0 unspecified atom stereocenters. The van der Waals surface area contributed by atoms with E-state index in [9.17, 15) is 23.2 Å². The molecule has 1 fully saturated rings. The zero-order valence-electron chi connectivity index (χ0n) is 22.0. The van der Waals surface area contributed by atoms with E-state index in [0.717, 1.165) is 31.4 Å². The van der Waals surface area contributed by atoms with Crippen LogP contribution in [0.15, 0.2) is 28.2 Å². The number of piperidine rings is 1. The third kappa shape index (κ3) is 7.90. The van der Waals surface area contributed by atoms with E-state index in [-0.39, 0.29) is 48.6 Å².